The predicted molar refractivity (Wildman–Crippen MR) is 47.1 cm³/mol. The lowest BCUT2D eigenvalue weighted by atomic mass is 10.2. The molecule has 0 aliphatic heterocycles. The summed E-state index contributed by atoms with van der Waals surface area (Å²) in [6.07, 6.45) is 0. The minimum absolute atomic E-state index is 0.270. The third kappa shape index (κ3) is 1.74. The Labute approximate surface area is 77.8 Å². The highest BCUT2D eigenvalue weighted by Crippen LogP contribution is 2.24. The maximum absolute atomic E-state index is 13.2. The largest absolute Gasteiger partial charge is 0.394 e. The van der Waals surface area contributed by atoms with Crippen LogP contribution in [-0.2, 0) is 4.84 Å². The molecule has 0 aliphatic carbocycles. The number of hydrogen-bond donors (Lipinski definition) is 2. The third-order valence-corrected chi connectivity index (χ3v) is 2.01. The van der Waals surface area contributed by atoms with Gasteiger partial charge in [0, 0.05) is 0 Å². The summed E-state index contributed by atoms with van der Waals surface area (Å²) in [7, 11) is 1.44. The van der Waals surface area contributed by atoms with Gasteiger partial charge in [0.05, 0.1) is 17.3 Å². The van der Waals surface area contributed by atoms with Gasteiger partial charge in [-0.3, -0.25) is 0 Å². The Morgan fingerprint density at radius 1 is 1.58 bits per heavy atom. The van der Waals surface area contributed by atoms with Crippen LogP contribution in [0.4, 0.5) is 15.8 Å². The van der Waals surface area contributed by atoms with Crippen LogP contribution in [0.25, 0.3) is 0 Å². The molecule has 0 amide bonds. The van der Waals surface area contributed by atoms with Crippen molar-refractivity contribution in [3.63, 3.8) is 0 Å². The first-order valence-corrected chi connectivity index (χ1v) is 4.05. The molecule has 0 saturated heterocycles. The Hall–Kier alpha value is -0.650. The van der Waals surface area contributed by atoms with E-state index in [1.54, 1.807) is 12.1 Å². The van der Waals surface area contributed by atoms with Crippen molar-refractivity contribution in [1.29, 1.82) is 0 Å². The van der Waals surface area contributed by atoms with E-state index in [-0.39, 0.29) is 5.69 Å². The number of quaternary nitrogens is 1. The summed E-state index contributed by atoms with van der Waals surface area (Å²) in [6, 6.07) is 3.16. The Balaban J connectivity index is 3.14. The normalized spacial score (nSPS) is 10.2. The summed E-state index contributed by atoms with van der Waals surface area (Å²) >= 11 is 3.04. The zero-order valence-electron chi connectivity index (χ0n) is 6.47. The van der Waals surface area contributed by atoms with Crippen LogP contribution in [0.1, 0.15) is 0 Å². The van der Waals surface area contributed by atoms with Gasteiger partial charge in [0.1, 0.15) is 0 Å². The highest BCUT2D eigenvalue weighted by molar-refractivity contribution is 9.10. The van der Waals surface area contributed by atoms with Crippen molar-refractivity contribution in [3.8, 4) is 0 Å². The van der Waals surface area contributed by atoms with E-state index in [1.165, 1.54) is 12.6 Å². The Morgan fingerprint density at radius 3 is 2.83 bits per heavy atom. The summed E-state index contributed by atoms with van der Waals surface area (Å²) in [4.78, 5) is 4.68. The van der Waals surface area contributed by atoms with Crippen LogP contribution in [0.2, 0.25) is 0 Å². The molecule has 0 atom stereocenters. The molecule has 0 unspecified atom stereocenters. The van der Waals surface area contributed by atoms with Gasteiger partial charge in [-0.25, -0.2) is 4.84 Å². The number of nitrogens with two attached hydrogens (primary N) is 2. The summed E-state index contributed by atoms with van der Waals surface area (Å²) in [5.74, 6) is -0.406. The number of hydrogen-bond acceptors (Lipinski definition) is 2. The molecule has 0 heterocycles. The first kappa shape index (κ1) is 9.44. The van der Waals surface area contributed by atoms with Gasteiger partial charge in [0.25, 0.3) is 0 Å². The van der Waals surface area contributed by atoms with E-state index >= 15 is 0 Å². The average Bonchev–Trinajstić information content (AvgIpc) is 2.06. The minimum Gasteiger partial charge on any atom is -0.394 e. The minimum atomic E-state index is -0.406. The molecule has 1 rings (SSSR count). The molecule has 1 aromatic carbocycles. The van der Waals surface area contributed by atoms with Gasteiger partial charge in [-0.1, -0.05) is 0 Å². The molecule has 0 aromatic heterocycles. The molecule has 3 nitrogen and oxygen atoms in total. The molecule has 66 valence electrons. The van der Waals surface area contributed by atoms with Crippen molar-refractivity contribution in [2.24, 2.45) is 0 Å². The lowest BCUT2D eigenvalue weighted by Crippen LogP contribution is -2.76. The summed E-state index contributed by atoms with van der Waals surface area (Å²) in [5.41, 5.74) is 7.41. The predicted octanol–water partition coefficient (Wildman–Crippen LogP) is 0.927. The van der Waals surface area contributed by atoms with Crippen LogP contribution in [0.15, 0.2) is 16.6 Å². The van der Waals surface area contributed by atoms with Gasteiger partial charge in [-0.05, 0) is 28.1 Å². The molecular weight excluding hydrogens is 227 g/mol. The maximum Gasteiger partial charge on any atom is 0.222 e. The van der Waals surface area contributed by atoms with E-state index in [9.17, 15) is 4.39 Å². The average molecular weight is 236 g/mol. The van der Waals surface area contributed by atoms with Gasteiger partial charge < -0.3 is 5.73 Å². The van der Waals surface area contributed by atoms with Crippen molar-refractivity contribution < 1.29 is 14.7 Å². The van der Waals surface area contributed by atoms with Gasteiger partial charge in [0.15, 0.2) is 0 Å². The molecule has 0 fully saturated rings. The third-order valence-electron chi connectivity index (χ3n) is 1.40. The zero-order chi connectivity index (χ0) is 9.14. The fraction of sp³-hybridized carbons (Fsp3) is 0.143. The number of nitrogen functional groups attached to an aromatic ring is 1. The molecule has 0 radical (unpaired) electrons. The number of benzene rings is 1. The molecule has 4 N–H and O–H groups in total. The van der Waals surface area contributed by atoms with E-state index < -0.39 is 5.82 Å². The summed E-state index contributed by atoms with van der Waals surface area (Å²) < 4.78 is 13.6. The molecule has 1 aromatic rings. The summed E-state index contributed by atoms with van der Waals surface area (Å²) in [6.45, 7) is 0. The molecule has 12 heavy (non-hydrogen) atoms. The highest BCUT2D eigenvalue weighted by Gasteiger charge is 2.13. The first-order valence-electron chi connectivity index (χ1n) is 3.26. The number of rotatable bonds is 2. The molecule has 0 saturated carbocycles. The first-order chi connectivity index (χ1) is 5.66. The standard InChI is InChI=1S/C7H8BrFN2O/c1-12-11-7-5(10)3-2-4(8)6(7)9/h2-3,11H,10H2,1H3/p+1. The zero-order valence-corrected chi connectivity index (χ0v) is 8.06. The second-order valence-electron chi connectivity index (χ2n) is 2.22. The second-order valence-corrected chi connectivity index (χ2v) is 3.07. The Bertz CT molecular complexity index is 293. The molecule has 0 aliphatic rings. The molecule has 0 spiro atoms. The van der Waals surface area contributed by atoms with Crippen LogP contribution in [-0.4, -0.2) is 7.11 Å². The van der Waals surface area contributed by atoms with E-state index in [0.29, 0.717) is 10.2 Å². The second kappa shape index (κ2) is 3.84. The topological polar surface area (TPSA) is 51.9 Å². The quantitative estimate of drug-likeness (QED) is 0.592. The van der Waals surface area contributed by atoms with E-state index in [0.717, 1.165) is 0 Å². The van der Waals surface area contributed by atoms with Crippen LogP contribution >= 0.6 is 15.9 Å². The maximum atomic E-state index is 13.2. The van der Waals surface area contributed by atoms with Crippen molar-refractivity contribution in [3.05, 3.63) is 22.4 Å². The van der Waals surface area contributed by atoms with Gasteiger partial charge in [0.2, 0.25) is 11.5 Å². The number of anilines is 1. The smallest absolute Gasteiger partial charge is 0.222 e. The SMILES string of the molecule is CO[NH2+]c1c(N)ccc(Br)c1F. The van der Waals surface area contributed by atoms with E-state index in [2.05, 4.69) is 20.8 Å². The fourth-order valence-corrected chi connectivity index (χ4v) is 1.16. The van der Waals surface area contributed by atoms with Crippen molar-refractivity contribution in [1.82, 2.24) is 0 Å². The highest BCUT2D eigenvalue weighted by atomic mass is 79.9. The molecular formula is C7H9BrFN2O+. The number of halogens is 2. The Kier molecular flexibility index (Phi) is 3.02. The molecule has 0 bridgehead atoms. The van der Waals surface area contributed by atoms with Gasteiger partial charge in [-0.15, -0.1) is 0 Å². The fourth-order valence-electron chi connectivity index (χ4n) is 0.819. The lowest BCUT2D eigenvalue weighted by Gasteiger charge is -2.02. The van der Waals surface area contributed by atoms with Crippen LogP contribution in [0, 0.1) is 5.82 Å². The summed E-state index contributed by atoms with van der Waals surface area (Å²) in [5, 5.41) is 0. The molecule has 5 heteroatoms. The van der Waals surface area contributed by atoms with Gasteiger partial charge >= 0.3 is 0 Å². The van der Waals surface area contributed by atoms with Crippen molar-refractivity contribution in [2.45, 2.75) is 0 Å². The van der Waals surface area contributed by atoms with E-state index in [1.807, 2.05) is 0 Å². The monoisotopic (exact) mass is 235 g/mol. The lowest BCUT2D eigenvalue weighted by molar-refractivity contribution is -0.830. The van der Waals surface area contributed by atoms with Crippen LogP contribution < -0.4 is 11.2 Å². The van der Waals surface area contributed by atoms with Crippen molar-refractivity contribution in [2.75, 3.05) is 12.8 Å². The van der Waals surface area contributed by atoms with Crippen molar-refractivity contribution >= 4 is 27.3 Å². The van der Waals surface area contributed by atoms with Gasteiger partial charge in [-0.2, -0.15) is 9.87 Å². The Morgan fingerprint density at radius 2 is 2.25 bits per heavy atom. The van der Waals surface area contributed by atoms with E-state index in [4.69, 9.17) is 5.73 Å². The van der Waals surface area contributed by atoms with Crippen LogP contribution in [0.3, 0.4) is 0 Å². The van der Waals surface area contributed by atoms with Crippen LogP contribution in [0.5, 0.6) is 0 Å².